The summed E-state index contributed by atoms with van der Waals surface area (Å²) in [4.78, 5) is 43.1. The van der Waals surface area contributed by atoms with E-state index in [9.17, 15) is 14.4 Å². The summed E-state index contributed by atoms with van der Waals surface area (Å²) >= 11 is 0. The smallest absolute Gasteiger partial charge is 0.246 e. The third-order valence-electron chi connectivity index (χ3n) is 6.95. The molecule has 0 saturated carbocycles. The van der Waals surface area contributed by atoms with Crippen LogP contribution in [0.4, 0.5) is 0 Å². The molecule has 0 aliphatic carbocycles. The Hall–Kier alpha value is -3.10. The minimum Gasteiger partial charge on any atom is -0.475 e. The second kappa shape index (κ2) is 20.8. The van der Waals surface area contributed by atoms with Crippen LogP contribution >= 0.6 is 0 Å². The fraction of sp³-hybridized carbons (Fsp3) is 0.688. The normalized spacial score (nSPS) is 15.8. The number of allylic oxidation sites excluding steroid dienone is 1. The van der Waals surface area contributed by atoms with E-state index in [1.54, 1.807) is 6.20 Å². The van der Waals surface area contributed by atoms with Gasteiger partial charge in [0.05, 0.1) is 59.5 Å². The van der Waals surface area contributed by atoms with Gasteiger partial charge in [0.15, 0.2) is 0 Å². The molecule has 13 heteroatoms. The topological polar surface area (TPSA) is 161 Å². The molecule has 1 aliphatic rings. The standard InChI is InChI=1S/C32H52N4O9/c1-6-8-25-21-28(34-22-24(25)2)45-20-19-43-16-15-41-12-11-40-13-14-42-17-18-44-23-27(37)35-29(32(3,4)5)31(39)36-10-7-9-26(36)30(33)38/h6,8,21-22,26,29H,7,9-20,23H2,1-5H3,(H2,33,38)(H,35,37)/b8-6-. The molecule has 3 amide bonds. The van der Waals surface area contributed by atoms with Crippen molar-refractivity contribution >= 4 is 23.8 Å². The van der Waals surface area contributed by atoms with Crippen LogP contribution in [0.5, 0.6) is 5.88 Å². The van der Waals surface area contributed by atoms with Crippen molar-refractivity contribution in [3.05, 3.63) is 29.5 Å². The number of nitrogens with zero attached hydrogens (tertiary/aromatic N) is 2. The van der Waals surface area contributed by atoms with E-state index in [0.29, 0.717) is 84.7 Å². The molecular formula is C32H52N4O9. The van der Waals surface area contributed by atoms with Gasteiger partial charge in [-0.2, -0.15) is 0 Å². The van der Waals surface area contributed by atoms with Crippen LogP contribution in [0.15, 0.2) is 18.3 Å². The fourth-order valence-corrected chi connectivity index (χ4v) is 4.55. The molecule has 1 aliphatic heterocycles. The van der Waals surface area contributed by atoms with E-state index < -0.39 is 29.3 Å². The third kappa shape index (κ3) is 14.7. The van der Waals surface area contributed by atoms with Crippen molar-refractivity contribution in [2.45, 2.75) is 59.5 Å². The Bertz CT molecular complexity index is 1080. The highest BCUT2D eigenvalue weighted by Crippen LogP contribution is 2.25. The van der Waals surface area contributed by atoms with Gasteiger partial charge in [-0.1, -0.05) is 32.9 Å². The number of primary amides is 1. The van der Waals surface area contributed by atoms with Crippen LogP contribution < -0.4 is 15.8 Å². The number of aryl methyl sites for hydroxylation is 1. The van der Waals surface area contributed by atoms with E-state index in [1.165, 1.54) is 4.90 Å². The molecule has 2 unspecified atom stereocenters. The number of likely N-dealkylation sites (tertiary alicyclic amines) is 1. The molecule has 2 heterocycles. The lowest BCUT2D eigenvalue weighted by molar-refractivity contribution is -0.144. The molecule has 0 spiro atoms. The summed E-state index contributed by atoms with van der Waals surface area (Å²) < 4.78 is 33.0. The maximum Gasteiger partial charge on any atom is 0.246 e. The molecule has 0 aromatic carbocycles. The van der Waals surface area contributed by atoms with Gasteiger partial charge >= 0.3 is 0 Å². The number of aromatic nitrogens is 1. The van der Waals surface area contributed by atoms with Crippen LogP contribution in [0.3, 0.4) is 0 Å². The minimum atomic E-state index is -0.808. The molecule has 1 aromatic heterocycles. The number of hydrogen-bond acceptors (Lipinski definition) is 10. The predicted molar refractivity (Wildman–Crippen MR) is 169 cm³/mol. The van der Waals surface area contributed by atoms with Crippen LogP contribution in [-0.2, 0) is 38.1 Å². The zero-order valence-corrected chi connectivity index (χ0v) is 27.5. The van der Waals surface area contributed by atoms with Gasteiger partial charge < -0.3 is 44.4 Å². The van der Waals surface area contributed by atoms with Crippen LogP contribution in [0.1, 0.15) is 51.7 Å². The Balaban J connectivity index is 1.43. The lowest BCUT2D eigenvalue weighted by Crippen LogP contribution is -2.57. The average molecular weight is 637 g/mol. The van der Waals surface area contributed by atoms with E-state index in [0.717, 1.165) is 11.1 Å². The largest absolute Gasteiger partial charge is 0.475 e. The summed E-state index contributed by atoms with van der Waals surface area (Å²) in [5, 5.41) is 2.76. The Labute approximate surface area is 267 Å². The van der Waals surface area contributed by atoms with Crippen molar-refractivity contribution in [2.75, 3.05) is 79.2 Å². The van der Waals surface area contributed by atoms with Crippen molar-refractivity contribution < 1.29 is 42.8 Å². The van der Waals surface area contributed by atoms with Crippen molar-refractivity contribution in [1.29, 1.82) is 0 Å². The van der Waals surface area contributed by atoms with Crippen molar-refractivity contribution in [1.82, 2.24) is 15.2 Å². The van der Waals surface area contributed by atoms with Gasteiger partial charge in [0.2, 0.25) is 23.6 Å². The zero-order chi connectivity index (χ0) is 33.1. The number of pyridine rings is 1. The highest BCUT2D eigenvalue weighted by atomic mass is 16.6. The number of hydrogen-bond donors (Lipinski definition) is 2. The number of nitrogens with one attached hydrogen (secondary N) is 1. The third-order valence-corrected chi connectivity index (χ3v) is 6.95. The maximum atomic E-state index is 13.1. The summed E-state index contributed by atoms with van der Waals surface area (Å²) in [7, 11) is 0. The zero-order valence-electron chi connectivity index (χ0n) is 27.5. The number of amides is 3. The van der Waals surface area contributed by atoms with Crippen molar-refractivity contribution in [3.63, 3.8) is 0 Å². The molecule has 13 nitrogen and oxygen atoms in total. The van der Waals surface area contributed by atoms with E-state index in [4.69, 9.17) is 34.2 Å². The van der Waals surface area contributed by atoms with Crippen LogP contribution in [0.2, 0.25) is 0 Å². The van der Waals surface area contributed by atoms with Gasteiger partial charge in [-0.3, -0.25) is 14.4 Å². The number of nitrogens with two attached hydrogens (primary N) is 1. The molecule has 1 saturated heterocycles. The molecule has 0 radical (unpaired) electrons. The molecule has 2 atom stereocenters. The first kappa shape index (κ1) is 38.1. The summed E-state index contributed by atoms with van der Waals surface area (Å²) in [6, 6.07) is 0.464. The van der Waals surface area contributed by atoms with Gasteiger partial charge in [0, 0.05) is 18.8 Å². The molecule has 2 rings (SSSR count). The van der Waals surface area contributed by atoms with Crippen LogP contribution in [0.25, 0.3) is 6.08 Å². The van der Waals surface area contributed by atoms with Gasteiger partial charge in [-0.15, -0.1) is 0 Å². The number of ether oxygens (including phenoxy) is 6. The van der Waals surface area contributed by atoms with Gasteiger partial charge in [-0.25, -0.2) is 4.98 Å². The minimum absolute atomic E-state index is 0.213. The van der Waals surface area contributed by atoms with Gasteiger partial charge in [0.1, 0.15) is 25.3 Å². The van der Waals surface area contributed by atoms with E-state index in [1.807, 2.05) is 52.8 Å². The first-order valence-electron chi connectivity index (χ1n) is 15.5. The Morgan fingerprint density at radius 2 is 1.53 bits per heavy atom. The van der Waals surface area contributed by atoms with E-state index >= 15 is 0 Å². The lowest BCUT2D eigenvalue weighted by atomic mass is 9.85. The Morgan fingerprint density at radius 1 is 0.978 bits per heavy atom. The highest BCUT2D eigenvalue weighted by Gasteiger charge is 2.41. The molecule has 254 valence electrons. The Morgan fingerprint density at radius 3 is 2.07 bits per heavy atom. The Kier molecular flexibility index (Phi) is 17.6. The summed E-state index contributed by atoms with van der Waals surface area (Å²) in [5.41, 5.74) is 7.07. The molecular weight excluding hydrogens is 584 g/mol. The average Bonchev–Trinajstić information content (AvgIpc) is 3.49. The monoisotopic (exact) mass is 636 g/mol. The SMILES string of the molecule is C/C=C\c1cc(OCCOCCOCCOCCOCCOCC(=O)NC(C(=O)N2CCCC2C(N)=O)C(C)(C)C)ncc1C. The quantitative estimate of drug-likeness (QED) is 0.180. The predicted octanol–water partition coefficient (Wildman–Crippen LogP) is 1.89. The fourth-order valence-electron chi connectivity index (χ4n) is 4.55. The van der Waals surface area contributed by atoms with Crippen LogP contribution in [0, 0.1) is 12.3 Å². The van der Waals surface area contributed by atoms with Crippen molar-refractivity contribution in [3.8, 4) is 5.88 Å². The second-order valence-corrected chi connectivity index (χ2v) is 11.7. The highest BCUT2D eigenvalue weighted by molar-refractivity contribution is 5.92. The van der Waals surface area contributed by atoms with Gasteiger partial charge in [0.25, 0.3) is 0 Å². The molecule has 45 heavy (non-hydrogen) atoms. The molecule has 0 bridgehead atoms. The van der Waals surface area contributed by atoms with E-state index in [-0.39, 0.29) is 19.1 Å². The number of carbonyl (C=O) groups excluding carboxylic acids is 3. The molecule has 1 aromatic rings. The molecule has 1 fully saturated rings. The summed E-state index contributed by atoms with van der Waals surface area (Å²) in [5.74, 6) is -0.684. The van der Waals surface area contributed by atoms with Crippen LogP contribution in [-0.4, -0.2) is 119 Å². The summed E-state index contributed by atoms with van der Waals surface area (Å²) in [6.45, 7) is 13.7. The van der Waals surface area contributed by atoms with Gasteiger partial charge in [-0.05, 0) is 43.2 Å². The first-order valence-corrected chi connectivity index (χ1v) is 15.5. The summed E-state index contributed by atoms with van der Waals surface area (Å²) in [6.07, 6.45) is 7.03. The number of rotatable bonds is 22. The second-order valence-electron chi connectivity index (χ2n) is 11.7. The van der Waals surface area contributed by atoms with E-state index in [2.05, 4.69) is 10.3 Å². The van der Waals surface area contributed by atoms with Crippen molar-refractivity contribution in [2.24, 2.45) is 11.1 Å². The number of carbonyl (C=O) groups is 3. The lowest BCUT2D eigenvalue weighted by Gasteiger charge is -2.35. The maximum absolute atomic E-state index is 13.1. The molecule has 3 N–H and O–H groups in total. The first-order chi connectivity index (χ1) is 21.5.